The molecule has 1 aromatic carbocycles. The zero-order valence-corrected chi connectivity index (χ0v) is 13.9. The summed E-state index contributed by atoms with van der Waals surface area (Å²) >= 11 is 5.38. The van der Waals surface area contributed by atoms with Gasteiger partial charge in [-0.25, -0.2) is 8.42 Å². The minimum Gasteiger partial charge on any atom is -0.495 e. The van der Waals surface area contributed by atoms with Crippen LogP contribution in [0.2, 0.25) is 0 Å². The molecule has 21 heavy (non-hydrogen) atoms. The summed E-state index contributed by atoms with van der Waals surface area (Å²) in [5, 5.41) is 2.52. The van der Waals surface area contributed by atoms with Crippen molar-refractivity contribution in [3.05, 3.63) is 23.8 Å². The number of methoxy groups -OCH3 is 1. The lowest BCUT2D eigenvalue weighted by molar-refractivity contribution is 0.0956. The molecule has 6 nitrogen and oxygen atoms in total. The molecule has 0 bridgehead atoms. The number of carbonyl (C=O) groups is 1. The van der Waals surface area contributed by atoms with Crippen LogP contribution in [0, 0.1) is 0 Å². The zero-order valence-electron chi connectivity index (χ0n) is 11.5. The fourth-order valence-electron chi connectivity index (χ4n) is 1.52. The van der Waals surface area contributed by atoms with Gasteiger partial charge in [-0.05, 0) is 18.2 Å². The number of nitrogens with two attached hydrogens (primary N) is 1. The summed E-state index contributed by atoms with van der Waals surface area (Å²) in [5.41, 5.74) is 6.38. The summed E-state index contributed by atoms with van der Waals surface area (Å²) in [6, 6.07) is 4.60. The molecular weight excluding hydrogens is 339 g/mol. The van der Waals surface area contributed by atoms with Crippen LogP contribution < -0.4 is 15.8 Å². The molecule has 0 radical (unpaired) electrons. The van der Waals surface area contributed by atoms with Crippen molar-refractivity contribution in [1.82, 2.24) is 5.32 Å². The van der Waals surface area contributed by atoms with Crippen LogP contribution in [0.5, 0.6) is 5.75 Å². The van der Waals surface area contributed by atoms with Crippen LogP contribution in [-0.4, -0.2) is 45.4 Å². The molecule has 0 atom stereocenters. The fourth-order valence-corrected chi connectivity index (χ4v) is 3.07. The predicted octanol–water partition coefficient (Wildman–Crippen LogP) is 1.08. The first kappa shape index (κ1) is 19.8. The quantitative estimate of drug-likeness (QED) is 0.562. The van der Waals surface area contributed by atoms with Crippen LogP contribution in [0.3, 0.4) is 0 Å². The zero-order chi connectivity index (χ0) is 15.2. The fraction of sp³-hybridized carbons (Fsp3) is 0.417. The average molecular weight is 357 g/mol. The van der Waals surface area contributed by atoms with Gasteiger partial charge in [0.15, 0.2) is 9.84 Å². The van der Waals surface area contributed by atoms with E-state index in [1.807, 2.05) is 0 Å². The number of ether oxygens (including phenoxy) is 1. The van der Waals surface area contributed by atoms with Crippen LogP contribution in [-0.2, 0) is 9.84 Å². The number of anilines is 1. The van der Waals surface area contributed by atoms with Gasteiger partial charge in [-0.2, -0.15) is 0 Å². The molecule has 0 saturated heterocycles. The van der Waals surface area contributed by atoms with E-state index < -0.39 is 9.84 Å². The van der Waals surface area contributed by atoms with Gasteiger partial charge >= 0.3 is 0 Å². The van der Waals surface area contributed by atoms with Gasteiger partial charge < -0.3 is 15.8 Å². The van der Waals surface area contributed by atoms with E-state index in [1.54, 1.807) is 12.1 Å². The molecule has 1 aromatic rings. The van der Waals surface area contributed by atoms with Crippen molar-refractivity contribution in [2.75, 3.05) is 36.8 Å². The summed E-state index contributed by atoms with van der Waals surface area (Å²) in [4.78, 5) is 11.8. The van der Waals surface area contributed by atoms with E-state index in [-0.39, 0.29) is 42.2 Å². The maximum Gasteiger partial charge on any atom is 0.251 e. The second-order valence-corrected chi connectivity index (χ2v) is 6.74. The molecule has 0 unspecified atom stereocenters. The van der Waals surface area contributed by atoms with E-state index in [2.05, 4.69) is 5.32 Å². The Labute approximate surface area is 135 Å². The van der Waals surface area contributed by atoms with Crippen molar-refractivity contribution >= 4 is 45.4 Å². The van der Waals surface area contributed by atoms with Crippen LogP contribution in [0.15, 0.2) is 18.2 Å². The van der Waals surface area contributed by atoms with Gasteiger partial charge in [-0.15, -0.1) is 24.0 Å². The third-order valence-corrected chi connectivity index (χ3v) is 4.64. The molecule has 0 aliphatic heterocycles. The maximum absolute atomic E-state index is 11.8. The first-order chi connectivity index (χ1) is 9.39. The van der Waals surface area contributed by atoms with Crippen molar-refractivity contribution < 1.29 is 17.9 Å². The Hall–Kier alpha value is -1.18. The standard InChI is InChI=1S/C12H17ClN2O4S.ClH/c1-19-11-3-2-9(8-10(11)14)12(16)15-5-7-20(17,18)6-4-13;/h2-3,8H,4-7,14H2,1H3,(H,15,16);1H. The first-order valence-corrected chi connectivity index (χ1v) is 8.23. The molecule has 0 aliphatic carbocycles. The summed E-state index contributed by atoms with van der Waals surface area (Å²) in [6.45, 7) is 0.0317. The number of amides is 1. The van der Waals surface area contributed by atoms with E-state index >= 15 is 0 Å². The minimum absolute atomic E-state index is 0. The van der Waals surface area contributed by atoms with E-state index in [9.17, 15) is 13.2 Å². The topological polar surface area (TPSA) is 98.5 Å². The van der Waals surface area contributed by atoms with Crippen molar-refractivity contribution in [1.29, 1.82) is 0 Å². The van der Waals surface area contributed by atoms with Gasteiger partial charge in [0.2, 0.25) is 0 Å². The second-order valence-electron chi connectivity index (χ2n) is 4.05. The van der Waals surface area contributed by atoms with Gasteiger partial charge in [0, 0.05) is 18.0 Å². The Bertz CT molecular complexity index is 579. The Morgan fingerprint density at radius 3 is 2.57 bits per heavy atom. The van der Waals surface area contributed by atoms with Gasteiger partial charge in [-0.3, -0.25) is 4.79 Å². The third kappa shape index (κ3) is 6.41. The van der Waals surface area contributed by atoms with Gasteiger partial charge in [0.05, 0.1) is 24.3 Å². The number of alkyl halides is 1. The number of benzene rings is 1. The lowest BCUT2D eigenvalue weighted by atomic mass is 10.2. The average Bonchev–Trinajstić information content (AvgIpc) is 2.38. The molecule has 9 heteroatoms. The lowest BCUT2D eigenvalue weighted by Crippen LogP contribution is -2.30. The second kappa shape index (κ2) is 8.96. The van der Waals surface area contributed by atoms with Crippen LogP contribution in [0.25, 0.3) is 0 Å². The smallest absolute Gasteiger partial charge is 0.251 e. The summed E-state index contributed by atoms with van der Waals surface area (Å²) in [6.07, 6.45) is 0. The highest BCUT2D eigenvalue weighted by molar-refractivity contribution is 7.91. The molecule has 3 N–H and O–H groups in total. The predicted molar refractivity (Wildman–Crippen MR) is 86.4 cm³/mol. The Kier molecular flexibility index (Phi) is 8.46. The van der Waals surface area contributed by atoms with Crippen LogP contribution >= 0.6 is 24.0 Å². The number of rotatable bonds is 7. The molecular formula is C12H18Cl2N2O4S. The summed E-state index contributed by atoms with van der Waals surface area (Å²) < 4.78 is 27.8. The van der Waals surface area contributed by atoms with E-state index in [0.717, 1.165) is 0 Å². The van der Waals surface area contributed by atoms with E-state index in [1.165, 1.54) is 13.2 Å². The molecule has 0 aromatic heterocycles. The monoisotopic (exact) mass is 356 g/mol. The Balaban J connectivity index is 0.00000400. The molecule has 1 rings (SSSR count). The first-order valence-electron chi connectivity index (χ1n) is 5.87. The van der Waals surface area contributed by atoms with E-state index in [0.29, 0.717) is 17.0 Å². The number of nitrogens with one attached hydrogen (secondary N) is 1. The van der Waals surface area contributed by atoms with Crippen molar-refractivity contribution in [2.45, 2.75) is 0 Å². The molecule has 0 saturated carbocycles. The summed E-state index contributed by atoms with van der Waals surface area (Å²) in [5.74, 6) is -0.103. The SMILES string of the molecule is COc1ccc(C(=O)NCCS(=O)(=O)CCCl)cc1N.Cl. The molecule has 0 spiro atoms. The number of hydrogen-bond donors (Lipinski definition) is 2. The van der Waals surface area contributed by atoms with Crippen molar-refractivity contribution in [2.24, 2.45) is 0 Å². The number of hydrogen-bond acceptors (Lipinski definition) is 5. The van der Waals surface area contributed by atoms with E-state index in [4.69, 9.17) is 22.1 Å². The minimum atomic E-state index is -3.22. The molecule has 0 aliphatic rings. The van der Waals surface area contributed by atoms with Crippen LogP contribution in [0.1, 0.15) is 10.4 Å². The third-order valence-electron chi connectivity index (χ3n) is 2.58. The number of halogens is 2. The Morgan fingerprint density at radius 1 is 1.38 bits per heavy atom. The van der Waals surface area contributed by atoms with Gasteiger partial charge in [-0.1, -0.05) is 0 Å². The highest BCUT2D eigenvalue weighted by atomic mass is 35.5. The van der Waals surface area contributed by atoms with Gasteiger partial charge in [0.25, 0.3) is 5.91 Å². The molecule has 0 heterocycles. The molecule has 1 amide bonds. The number of nitrogen functional groups attached to an aromatic ring is 1. The maximum atomic E-state index is 11.8. The normalized spacial score (nSPS) is 10.6. The summed E-state index contributed by atoms with van der Waals surface area (Å²) in [7, 11) is -1.74. The lowest BCUT2D eigenvalue weighted by Gasteiger charge is -2.08. The van der Waals surface area contributed by atoms with Crippen molar-refractivity contribution in [3.8, 4) is 5.75 Å². The highest BCUT2D eigenvalue weighted by Gasteiger charge is 2.12. The molecule has 0 fully saturated rings. The largest absolute Gasteiger partial charge is 0.495 e. The van der Waals surface area contributed by atoms with Gasteiger partial charge in [0.1, 0.15) is 5.75 Å². The van der Waals surface area contributed by atoms with Crippen molar-refractivity contribution in [3.63, 3.8) is 0 Å². The number of sulfone groups is 1. The number of carbonyl (C=O) groups excluding carboxylic acids is 1. The Morgan fingerprint density at radius 2 is 2.05 bits per heavy atom. The van der Waals surface area contributed by atoms with Crippen LogP contribution in [0.4, 0.5) is 5.69 Å². The molecule has 120 valence electrons. The highest BCUT2D eigenvalue weighted by Crippen LogP contribution is 2.21.